The highest BCUT2D eigenvalue weighted by Crippen LogP contribution is 2.09. The summed E-state index contributed by atoms with van der Waals surface area (Å²) < 4.78 is 2.15. The van der Waals surface area contributed by atoms with Gasteiger partial charge in [0.2, 0.25) is 0 Å². The van der Waals surface area contributed by atoms with Crippen molar-refractivity contribution >= 4 is 5.96 Å². The highest BCUT2D eigenvalue weighted by Gasteiger charge is 2.02. The first-order chi connectivity index (χ1) is 11.6. The molecule has 0 amide bonds. The first-order valence-corrected chi connectivity index (χ1v) is 8.66. The first-order valence-electron chi connectivity index (χ1n) is 8.66. The van der Waals surface area contributed by atoms with Crippen LogP contribution in [0.5, 0.6) is 0 Å². The van der Waals surface area contributed by atoms with Gasteiger partial charge in [-0.2, -0.15) is 0 Å². The van der Waals surface area contributed by atoms with Gasteiger partial charge in [0, 0.05) is 32.0 Å². The van der Waals surface area contributed by atoms with Crippen molar-refractivity contribution < 1.29 is 0 Å². The van der Waals surface area contributed by atoms with Gasteiger partial charge in [0.15, 0.2) is 5.96 Å². The zero-order chi connectivity index (χ0) is 17.4. The minimum absolute atomic E-state index is 0.593. The second-order valence-corrected chi connectivity index (χ2v) is 6.39. The lowest BCUT2D eigenvalue weighted by molar-refractivity contribution is 0.615. The molecule has 0 bridgehead atoms. The van der Waals surface area contributed by atoms with Crippen molar-refractivity contribution in [2.75, 3.05) is 13.1 Å². The van der Waals surface area contributed by atoms with Gasteiger partial charge < -0.3 is 15.2 Å². The SMILES string of the molecule is CCNC(=NCc1cccc(Cn2ccnc2C)c1)NCC(C)C. The van der Waals surface area contributed by atoms with Crippen LogP contribution < -0.4 is 10.6 Å². The summed E-state index contributed by atoms with van der Waals surface area (Å²) in [5, 5.41) is 6.67. The molecule has 0 aliphatic carbocycles. The third-order valence-corrected chi connectivity index (χ3v) is 3.71. The number of guanidine groups is 1. The third kappa shape index (κ3) is 5.72. The van der Waals surface area contributed by atoms with Crippen molar-refractivity contribution in [3.05, 3.63) is 53.6 Å². The second-order valence-electron chi connectivity index (χ2n) is 6.39. The first kappa shape index (κ1) is 18.0. The van der Waals surface area contributed by atoms with Crippen LogP contribution in [0.3, 0.4) is 0 Å². The lowest BCUT2D eigenvalue weighted by atomic mass is 10.1. The zero-order valence-corrected chi connectivity index (χ0v) is 15.2. The molecule has 5 heteroatoms. The standard InChI is InChI=1S/C19H29N5/c1-5-20-19(22-12-15(2)3)23-13-17-7-6-8-18(11-17)14-24-10-9-21-16(24)4/h6-11,15H,5,12-14H2,1-4H3,(H2,20,22,23). The van der Waals surface area contributed by atoms with Crippen LogP contribution in [0, 0.1) is 12.8 Å². The Bertz CT molecular complexity index is 657. The summed E-state index contributed by atoms with van der Waals surface area (Å²) in [5.41, 5.74) is 2.48. The van der Waals surface area contributed by atoms with Crippen LogP contribution in [0.1, 0.15) is 37.7 Å². The molecule has 1 heterocycles. The number of hydrogen-bond donors (Lipinski definition) is 2. The summed E-state index contributed by atoms with van der Waals surface area (Å²) in [4.78, 5) is 8.96. The van der Waals surface area contributed by atoms with E-state index in [9.17, 15) is 0 Å². The topological polar surface area (TPSA) is 54.2 Å². The Morgan fingerprint density at radius 3 is 2.71 bits per heavy atom. The van der Waals surface area contributed by atoms with E-state index >= 15 is 0 Å². The Morgan fingerprint density at radius 2 is 2.04 bits per heavy atom. The van der Waals surface area contributed by atoms with Crippen molar-refractivity contribution in [1.82, 2.24) is 20.2 Å². The van der Waals surface area contributed by atoms with Gasteiger partial charge in [0.25, 0.3) is 0 Å². The fraction of sp³-hybridized carbons (Fsp3) is 0.474. The molecule has 0 aliphatic rings. The summed E-state index contributed by atoms with van der Waals surface area (Å²) >= 11 is 0. The van der Waals surface area contributed by atoms with E-state index in [1.807, 2.05) is 19.3 Å². The molecule has 2 aromatic rings. The van der Waals surface area contributed by atoms with Crippen molar-refractivity contribution in [3.63, 3.8) is 0 Å². The number of nitrogens with one attached hydrogen (secondary N) is 2. The van der Waals surface area contributed by atoms with E-state index in [0.717, 1.165) is 31.4 Å². The van der Waals surface area contributed by atoms with E-state index in [4.69, 9.17) is 0 Å². The Balaban J connectivity index is 2.01. The molecule has 130 valence electrons. The van der Waals surface area contributed by atoms with Crippen LogP contribution in [0.15, 0.2) is 41.7 Å². The van der Waals surface area contributed by atoms with E-state index in [1.165, 1.54) is 11.1 Å². The number of benzene rings is 1. The van der Waals surface area contributed by atoms with Gasteiger partial charge >= 0.3 is 0 Å². The molecular formula is C19H29N5. The van der Waals surface area contributed by atoms with Crippen molar-refractivity contribution in [2.45, 2.75) is 40.8 Å². The van der Waals surface area contributed by atoms with Gasteiger partial charge in [-0.1, -0.05) is 38.1 Å². The van der Waals surface area contributed by atoms with E-state index < -0.39 is 0 Å². The molecule has 0 aliphatic heterocycles. The van der Waals surface area contributed by atoms with Crippen LogP contribution in [-0.2, 0) is 13.1 Å². The van der Waals surface area contributed by atoms with Crippen molar-refractivity contribution in [3.8, 4) is 0 Å². The van der Waals surface area contributed by atoms with Crippen LogP contribution in [0.25, 0.3) is 0 Å². The highest BCUT2D eigenvalue weighted by molar-refractivity contribution is 5.79. The van der Waals surface area contributed by atoms with Gasteiger partial charge in [-0.15, -0.1) is 0 Å². The number of nitrogens with zero attached hydrogens (tertiary/aromatic N) is 3. The van der Waals surface area contributed by atoms with Gasteiger partial charge in [-0.25, -0.2) is 9.98 Å². The lowest BCUT2D eigenvalue weighted by Crippen LogP contribution is -2.39. The normalized spacial score (nSPS) is 11.8. The maximum absolute atomic E-state index is 4.69. The molecule has 24 heavy (non-hydrogen) atoms. The lowest BCUT2D eigenvalue weighted by Gasteiger charge is -2.13. The van der Waals surface area contributed by atoms with E-state index in [0.29, 0.717) is 12.5 Å². The van der Waals surface area contributed by atoms with Crippen molar-refractivity contribution in [2.24, 2.45) is 10.9 Å². The van der Waals surface area contributed by atoms with E-state index in [-0.39, 0.29) is 0 Å². The summed E-state index contributed by atoms with van der Waals surface area (Å²) in [6.45, 7) is 11.8. The predicted octanol–water partition coefficient (Wildman–Crippen LogP) is 2.95. The van der Waals surface area contributed by atoms with Crippen LogP contribution in [-0.4, -0.2) is 28.6 Å². The zero-order valence-electron chi connectivity index (χ0n) is 15.2. The van der Waals surface area contributed by atoms with E-state index in [1.54, 1.807) is 0 Å². The monoisotopic (exact) mass is 327 g/mol. The fourth-order valence-corrected chi connectivity index (χ4v) is 2.41. The number of hydrogen-bond acceptors (Lipinski definition) is 2. The molecule has 2 rings (SSSR count). The fourth-order valence-electron chi connectivity index (χ4n) is 2.41. The largest absolute Gasteiger partial charge is 0.357 e. The smallest absolute Gasteiger partial charge is 0.191 e. The maximum atomic E-state index is 4.69. The Morgan fingerprint density at radius 1 is 1.25 bits per heavy atom. The molecule has 0 fully saturated rings. The van der Waals surface area contributed by atoms with Gasteiger partial charge in [-0.05, 0) is 30.9 Å². The number of rotatable bonds is 7. The molecule has 0 saturated heterocycles. The summed E-state index contributed by atoms with van der Waals surface area (Å²) in [6, 6.07) is 8.59. The Hall–Kier alpha value is -2.30. The molecule has 2 N–H and O–H groups in total. The molecule has 0 radical (unpaired) electrons. The summed E-state index contributed by atoms with van der Waals surface area (Å²) in [5.74, 6) is 2.50. The molecule has 1 aromatic heterocycles. The molecule has 0 unspecified atom stereocenters. The van der Waals surface area contributed by atoms with Gasteiger partial charge in [0.05, 0.1) is 6.54 Å². The van der Waals surface area contributed by atoms with Crippen molar-refractivity contribution in [1.29, 1.82) is 0 Å². The molecular weight excluding hydrogens is 298 g/mol. The highest BCUT2D eigenvalue weighted by atomic mass is 15.2. The van der Waals surface area contributed by atoms with Gasteiger partial charge in [-0.3, -0.25) is 0 Å². The third-order valence-electron chi connectivity index (χ3n) is 3.71. The quantitative estimate of drug-likeness (QED) is 0.607. The van der Waals surface area contributed by atoms with Gasteiger partial charge in [0.1, 0.15) is 5.82 Å². The van der Waals surface area contributed by atoms with Crippen LogP contribution in [0.4, 0.5) is 0 Å². The second kappa shape index (κ2) is 9.11. The van der Waals surface area contributed by atoms with Crippen LogP contribution in [0.2, 0.25) is 0 Å². The molecule has 5 nitrogen and oxygen atoms in total. The number of aliphatic imine (C=N–C) groups is 1. The molecule has 0 spiro atoms. The Kier molecular flexibility index (Phi) is 6.85. The predicted molar refractivity (Wildman–Crippen MR) is 100 cm³/mol. The minimum Gasteiger partial charge on any atom is -0.357 e. The van der Waals surface area contributed by atoms with E-state index in [2.05, 4.69) is 70.2 Å². The number of imidazole rings is 1. The average Bonchev–Trinajstić information content (AvgIpc) is 2.95. The molecule has 0 saturated carbocycles. The Labute approximate surface area is 145 Å². The minimum atomic E-state index is 0.593. The average molecular weight is 327 g/mol. The number of aromatic nitrogens is 2. The summed E-state index contributed by atoms with van der Waals surface area (Å²) in [6.07, 6.45) is 3.85. The number of aryl methyl sites for hydroxylation is 1. The molecule has 0 atom stereocenters. The molecule has 1 aromatic carbocycles. The van der Waals surface area contributed by atoms with Crippen LogP contribution >= 0.6 is 0 Å². The maximum Gasteiger partial charge on any atom is 0.191 e. The summed E-state index contributed by atoms with van der Waals surface area (Å²) in [7, 11) is 0.